The second kappa shape index (κ2) is 3.26. The van der Waals surface area contributed by atoms with Crippen LogP contribution in [0.15, 0.2) is 24.4 Å². The van der Waals surface area contributed by atoms with Gasteiger partial charge >= 0.3 is 0 Å². The number of aromatic nitrogens is 1. The molecule has 2 aromatic rings. The van der Waals surface area contributed by atoms with Crippen LogP contribution in [-0.4, -0.2) is 4.57 Å². The number of hydrogen-bond acceptors (Lipinski definition) is 1. The van der Waals surface area contributed by atoms with Gasteiger partial charge in [-0.25, -0.2) is 0 Å². The Kier molecular flexibility index (Phi) is 2.01. The summed E-state index contributed by atoms with van der Waals surface area (Å²) in [5.41, 5.74) is 8.13. The number of benzene rings is 1. The largest absolute Gasteiger partial charge is 0.344 e. The van der Waals surface area contributed by atoms with Crippen molar-refractivity contribution in [2.24, 2.45) is 5.73 Å². The van der Waals surface area contributed by atoms with Crippen molar-refractivity contribution >= 4 is 22.5 Å². The highest BCUT2D eigenvalue weighted by molar-refractivity contribution is 6.35. The molecule has 0 atom stereocenters. The van der Waals surface area contributed by atoms with Gasteiger partial charge in [0.2, 0.25) is 0 Å². The van der Waals surface area contributed by atoms with Gasteiger partial charge < -0.3 is 10.3 Å². The van der Waals surface area contributed by atoms with E-state index >= 15 is 0 Å². The van der Waals surface area contributed by atoms with Crippen LogP contribution in [0.2, 0.25) is 5.02 Å². The normalized spacial score (nSPS) is 16.1. The zero-order valence-corrected chi connectivity index (χ0v) is 9.17. The van der Waals surface area contributed by atoms with Gasteiger partial charge in [0.1, 0.15) is 0 Å². The van der Waals surface area contributed by atoms with Gasteiger partial charge in [-0.15, -0.1) is 0 Å². The summed E-state index contributed by atoms with van der Waals surface area (Å²) in [7, 11) is 0. The van der Waals surface area contributed by atoms with E-state index < -0.39 is 0 Å². The maximum absolute atomic E-state index is 6.21. The average molecular weight is 221 g/mol. The zero-order valence-electron chi connectivity index (χ0n) is 8.41. The van der Waals surface area contributed by atoms with Crippen molar-refractivity contribution in [2.75, 3.05) is 0 Å². The van der Waals surface area contributed by atoms with Crippen molar-refractivity contribution in [3.8, 4) is 0 Å². The van der Waals surface area contributed by atoms with Crippen LogP contribution in [0.4, 0.5) is 0 Å². The topological polar surface area (TPSA) is 30.9 Å². The molecule has 1 heterocycles. The highest BCUT2D eigenvalue weighted by Gasteiger charge is 2.25. The van der Waals surface area contributed by atoms with Crippen molar-refractivity contribution in [2.45, 2.75) is 25.4 Å². The summed E-state index contributed by atoms with van der Waals surface area (Å²) in [5, 5.41) is 1.95. The summed E-state index contributed by atoms with van der Waals surface area (Å²) in [6, 6.07) is 6.73. The van der Waals surface area contributed by atoms with Crippen molar-refractivity contribution in [3.05, 3.63) is 35.0 Å². The van der Waals surface area contributed by atoms with Crippen LogP contribution in [0.5, 0.6) is 0 Å². The molecule has 78 valence electrons. The fourth-order valence-corrected chi connectivity index (χ4v) is 2.45. The van der Waals surface area contributed by atoms with Crippen LogP contribution >= 0.6 is 11.6 Å². The fourth-order valence-electron chi connectivity index (χ4n) is 2.16. The third kappa shape index (κ3) is 1.36. The van der Waals surface area contributed by atoms with Crippen molar-refractivity contribution in [3.63, 3.8) is 0 Å². The van der Waals surface area contributed by atoms with Gasteiger partial charge in [0.25, 0.3) is 0 Å². The molecule has 1 fully saturated rings. The van der Waals surface area contributed by atoms with Crippen LogP contribution in [0.3, 0.4) is 0 Å². The van der Waals surface area contributed by atoms with E-state index in [4.69, 9.17) is 17.3 Å². The first-order valence-electron chi connectivity index (χ1n) is 5.29. The van der Waals surface area contributed by atoms with E-state index in [1.54, 1.807) is 0 Å². The molecule has 0 aliphatic heterocycles. The fraction of sp³-hybridized carbons (Fsp3) is 0.333. The quantitative estimate of drug-likeness (QED) is 0.829. The molecule has 0 unspecified atom stereocenters. The van der Waals surface area contributed by atoms with Gasteiger partial charge in [-0.05, 0) is 30.5 Å². The summed E-state index contributed by atoms with van der Waals surface area (Å²) >= 11 is 6.21. The molecular weight excluding hydrogens is 208 g/mol. The predicted molar refractivity (Wildman–Crippen MR) is 63.1 cm³/mol. The first kappa shape index (κ1) is 9.25. The Morgan fingerprint density at radius 3 is 2.87 bits per heavy atom. The lowest BCUT2D eigenvalue weighted by atomic mass is 10.2. The molecule has 0 spiro atoms. The molecule has 15 heavy (non-hydrogen) atoms. The van der Waals surface area contributed by atoms with E-state index in [1.807, 2.05) is 12.1 Å². The molecule has 0 radical (unpaired) electrons. The molecule has 2 N–H and O–H groups in total. The number of nitrogens with two attached hydrogens (primary N) is 1. The molecule has 1 aliphatic rings. The summed E-state index contributed by atoms with van der Waals surface area (Å²) in [6.07, 6.45) is 4.72. The Morgan fingerprint density at radius 2 is 2.20 bits per heavy atom. The molecule has 0 saturated heterocycles. The first-order chi connectivity index (χ1) is 7.31. The summed E-state index contributed by atoms with van der Waals surface area (Å²) < 4.78 is 2.32. The second-order valence-corrected chi connectivity index (χ2v) is 4.54. The maximum atomic E-state index is 6.21. The number of halogens is 1. The van der Waals surface area contributed by atoms with E-state index in [1.165, 1.54) is 18.4 Å². The van der Waals surface area contributed by atoms with Gasteiger partial charge in [0.15, 0.2) is 0 Å². The molecular formula is C12H13ClN2. The SMILES string of the molecule is NCc1cn(C2CC2)c2cccc(Cl)c12. The molecule has 3 rings (SSSR count). The summed E-state index contributed by atoms with van der Waals surface area (Å²) in [6.45, 7) is 0.556. The van der Waals surface area contributed by atoms with Gasteiger partial charge in [-0.3, -0.25) is 0 Å². The first-order valence-corrected chi connectivity index (χ1v) is 5.67. The predicted octanol–water partition coefficient (Wildman–Crippen LogP) is 3.09. The number of nitrogens with zero attached hydrogens (tertiary/aromatic N) is 1. The highest BCUT2D eigenvalue weighted by Crippen LogP contribution is 2.40. The van der Waals surface area contributed by atoms with Crippen molar-refractivity contribution < 1.29 is 0 Å². The van der Waals surface area contributed by atoms with E-state index in [0.717, 1.165) is 16.0 Å². The standard InChI is InChI=1S/C12H13ClN2/c13-10-2-1-3-11-12(10)8(6-14)7-15(11)9-4-5-9/h1-3,7,9H,4-6,14H2. The molecule has 2 nitrogen and oxygen atoms in total. The average Bonchev–Trinajstić information content (AvgIpc) is 3.00. The van der Waals surface area contributed by atoms with E-state index in [9.17, 15) is 0 Å². The lowest BCUT2D eigenvalue weighted by Gasteiger charge is -2.01. The molecule has 1 aromatic carbocycles. The van der Waals surface area contributed by atoms with Crippen LogP contribution < -0.4 is 5.73 Å². The van der Waals surface area contributed by atoms with Crippen LogP contribution in [0.25, 0.3) is 10.9 Å². The van der Waals surface area contributed by atoms with E-state index in [2.05, 4.69) is 16.8 Å². The molecule has 0 amide bonds. The van der Waals surface area contributed by atoms with Gasteiger partial charge in [0, 0.05) is 24.2 Å². The molecule has 1 saturated carbocycles. The molecule has 0 bridgehead atoms. The lowest BCUT2D eigenvalue weighted by molar-refractivity contribution is 0.771. The number of hydrogen-bond donors (Lipinski definition) is 1. The summed E-state index contributed by atoms with van der Waals surface area (Å²) in [4.78, 5) is 0. The number of rotatable bonds is 2. The third-order valence-electron chi connectivity index (χ3n) is 3.05. The van der Waals surface area contributed by atoms with Crippen molar-refractivity contribution in [1.29, 1.82) is 0 Å². The summed E-state index contributed by atoms with van der Waals surface area (Å²) in [5.74, 6) is 0. The smallest absolute Gasteiger partial charge is 0.0503 e. The van der Waals surface area contributed by atoms with Crippen LogP contribution in [-0.2, 0) is 6.54 Å². The molecule has 1 aromatic heterocycles. The Morgan fingerprint density at radius 1 is 1.40 bits per heavy atom. The van der Waals surface area contributed by atoms with Gasteiger partial charge in [-0.2, -0.15) is 0 Å². The molecule has 1 aliphatic carbocycles. The Labute approximate surface area is 93.6 Å². The van der Waals surface area contributed by atoms with Crippen LogP contribution in [0, 0.1) is 0 Å². The second-order valence-electron chi connectivity index (χ2n) is 4.13. The van der Waals surface area contributed by atoms with Gasteiger partial charge in [-0.1, -0.05) is 17.7 Å². The minimum absolute atomic E-state index is 0.556. The van der Waals surface area contributed by atoms with Crippen molar-refractivity contribution in [1.82, 2.24) is 4.57 Å². The van der Waals surface area contributed by atoms with Gasteiger partial charge in [0.05, 0.1) is 10.5 Å². The minimum atomic E-state index is 0.556. The van der Waals surface area contributed by atoms with E-state index in [0.29, 0.717) is 12.6 Å². The monoisotopic (exact) mass is 220 g/mol. The Balaban J connectivity index is 2.33. The third-order valence-corrected chi connectivity index (χ3v) is 3.36. The Bertz CT molecular complexity index is 512. The Hall–Kier alpha value is -0.990. The number of fused-ring (bicyclic) bond motifs is 1. The minimum Gasteiger partial charge on any atom is -0.344 e. The van der Waals surface area contributed by atoms with Crippen LogP contribution in [0.1, 0.15) is 24.4 Å². The zero-order chi connectivity index (χ0) is 10.4. The highest BCUT2D eigenvalue weighted by atomic mass is 35.5. The lowest BCUT2D eigenvalue weighted by Crippen LogP contribution is -1.95. The maximum Gasteiger partial charge on any atom is 0.0503 e. The molecule has 3 heteroatoms. The van der Waals surface area contributed by atoms with E-state index in [-0.39, 0.29) is 0 Å².